The van der Waals surface area contributed by atoms with Gasteiger partial charge in [0.05, 0.1) is 10.6 Å². The van der Waals surface area contributed by atoms with Gasteiger partial charge in [-0.2, -0.15) is 0 Å². The van der Waals surface area contributed by atoms with Crippen molar-refractivity contribution in [2.45, 2.75) is 31.9 Å². The molecule has 0 spiro atoms. The number of rotatable bonds is 4. The maximum atomic E-state index is 9.39. The molecule has 1 aliphatic rings. The lowest BCUT2D eigenvalue weighted by molar-refractivity contribution is 0.0168. The van der Waals surface area contributed by atoms with Crippen molar-refractivity contribution < 1.29 is 9.84 Å². The van der Waals surface area contributed by atoms with Crippen LogP contribution in [-0.2, 0) is 11.3 Å². The lowest BCUT2D eigenvalue weighted by Gasteiger charge is -2.22. The Morgan fingerprint density at radius 1 is 1.41 bits per heavy atom. The van der Waals surface area contributed by atoms with Gasteiger partial charge in [-0.25, -0.2) is 0 Å². The van der Waals surface area contributed by atoms with E-state index in [4.69, 9.17) is 4.74 Å². The highest BCUT2D eigenvalue weighted by Crippen LogP contribution is 2.24. The maximum absolute atomic E-state index is 9.39. The van der Waals surface area contributed by atoms with Gasteiger partial charge < -0.3 is 15.2 Å². The number of phenols is 1. The number of halogens is 1. The van der Waals surface area contributed by atoms with Crippen LogP contribution >= 0.6 is 15.9 Å². The van der Waals surface area contributed by atoms with E-state index in [-0.39, 0.29) is 5.75 Å². The number of ether oxygens (including phenoxy) is 1. The molecule has 1 aromatic rings. The van der Waals surface area contributed by atoms with Gasteiger partial charge in [0.2, 0.25) is 0 Å². The fraction of sp³-hybridized carbons (Fsp3) is 0.538. The van der Waals surface area contributed by atoms with Crippen LogP contribution in [0.2, 0.25) is 0 Å². The zero-order valence-electron chi connectivity index (χ0n) is 9.79. The monoisotopic (exact) mass is 299 g/mol. The summed E-state index contributed by atoms with van der Waals surface area (Å²) in [6.07, 6.45) is 3.99. The minimum atomic E-state index is 0.282. The van der Waals surface area contributed by atoms with Crippen molar-refractivity contribution in [3.8, 4) is 5.75 Å². The van der Waals surface area contributed by atoms with Gasteiger partial charge in [0, 0.05) is 19.7 Å². The molecule has 17 heavy (non-hydrogen) atoms. The van der Waals surface area contributed by atoms with Gasteiger partial charge in [-0.1, -0.05) is 6.07 Å². The average molecular weight is 300 g/mol. The van der Waals surface area contributed by atoms with Crippen LogP contribution in [-0.4, -0.2) is 24.4 Å². The first kappa shape index (κ1) is 12.9. The molecule has 1 unspecified atom stereocenters. The fourth-order valence-electron chi connectivity index (χ4n) is 2.01. The van der Waals surface area contributed by atoms with Gasteiger partial charge in [-0.3, -0.25) is 0 Å². The molecular formula is C13H18BrNO2. The molecule has 94 valence electrons. The van der Waals surface area contributed by atoms with E-state index in [9.17, 15) is 5.11 Å². The summed E-state index contributed by atoms with van der Waals surface area (Å²) in [5.74, 6) is 0.282. The van der Waals surface area contributed by atoms with Crippen molar-refractivity contribution in [2.24, 2.45) is 0 Å². The molecule has 2 N–H and O–H groups in total. The Bertz CT molecular complexity index is 364. The third-order valence-electron chi connectivity index (χ3n) is 2.99. The van der Waals surface area contributed by atoms with Crippen molar-refractivity contribution >= 4 is 15.9 Å². The average Bonchev–Trinajstić information content (AvgIpc) is 2.35. The molecule has 0 saturated carbocycles. The van der Waals surface area contributed by atoms with Crippen LogP contribution in [0.1, 0.15) is 24.8 Å². The van der Waals surface area contributed by atoms with Gasteiger partial charge in [0.25, 0.3) is 0 Å². The molecule has 1 aliphatic heterocycles. The lowest BCUT2D eigenvalue weighted by Crippen LogP contribution is -2.31. The SMILES string of the molecule is Oc1ccc(CNCC2CCCCO2)cc1Br. The van der Waals surface area contributed by atoms with Crippen molar-refractivity contribution in [1.82, 2.24) is 5.32 Å². The van der Waals surface area contributed by atoms with Crippen molar-refractivity contribution in [3.63, 3.8) is 0 Å². The Balaban J connectivity index is 1.75. The van der Waals surface area contributed by atoms with E-state index in [2.05, 4.69) is 21.2 Å². The normalized spacial score (nSPS) is 20.4. The Morgan fingerprint density at radius 2 is 2.29 bits per heavy atom. The first-order valence-corrected chi connectivity index (χ1v) is 6.85. The second kappa shape index (κ2) is 6.38. The molecule has 2 rings (SSSR count). The number of hydrogen-bond acceptors (Lipinski definition) is 3. The summed E-state index contributed by atoms with van der Waals surface area (Å²) in [6, 6.07) is 5.57. The van der Waals surface area contributed by atoms with Crippen LogP contribution in [0.3, 0.4) is 0 Å². The van der Waals surface area contributed by atoms with Crippen molar-refractivity contribution in [1.29, 1.82) is 0 Å². The quantitative estimate of drug-likeness (QED) is 0.898. The second-order valence-corrected chi connectivity index (χ2v) is 5.26. The molecule has 1 atom stereocenters. The minimum Gasteiger partial charge on any atom is -0.507 e. The Morgan fingerprint density at radius 3 is 3.00 bits per heavy atom. The number of hydrogen-bond donors (Lipinski definition) is 2. The third kappa shape index (κ3) is 3.98. The zero-order chi connectivity index (χ0) is 12.1. The molecule has 0 aromatic heterocycles. The summed E-state index contributed by atoms with van der Waals surface area (Å²) >= 11 is 3.31. The van der Waals surface area contributed by atoms with Gasteiger partial charge in [-0.05, 0) is 52.9 Å². The molecule has 0 amide bonds. The molecule has 1 saturated heterocycles. The summed E-state index contributed by atoms with van der Waals surface area (Å²) < 4.78 is 6.39. The van der Waals surface area contributed by atoms with Gasteiger partial charge in [-0.15, -0.1) is 0 Å². The van der Waals surface area contributed by atoms with E-state index in [1.807, 2.05) is 12.1 Å². The lowest BCUT2D eigenvalue weighted by atomic mass is 10.1. The Labute approximate surface area is 110 Å². The molecule has 4 heteroatoms. The Kier molecular flexibility index (Phi) is 4.83. The fourth-order valence-corrected chi connectivity index (χ4v) is 2.43. The molecule has 0 bridgehead atoms. The number of benzene rings is 1. The molecule has 1 heterocycles. The van der Waals surface area contributed by atoms with Crippen LogP contribution in [0.25, 0.3) is 0 Å². The zero-order valence-corrected chi connectivity index (χ0v) is 11.4. The summed E-state index contributed by atoms with van der Waals surface area (Å²) in [5, 5.41) is 12.8. The molecule has 3 nitrogen and oxygen atoms in total. The molecule has 0 aliphatic carbocycles. The highest BCUT2D eigenvalue weighted by atomic mass is 79.9. The van der Waals surface area contributed by atoms with Crippen LogP contribution in [0.4, 0.5) is 0 Å². The Hall–Kier alpha value is -0.580. The molecule has 1 fully saturated rings. The van der Waals surface area contributed by atoms with E-state index < -0.39 is 0 Å². The highest BCUT2D eigenvalue weighted by molar-refractivity contribution is 9.10. The minimum absolute atomic E-state index is 0.282. The predicted octanol–water partition coefficient (Wildman–Crippen LogP) is 2.81. The van der Waals surface area contributed by atoms with Crippen LogP contribution in [0.15, 0.2) is 22.7 Å². The largest absolute Gasteiger partial charge is 0.507 e. The van der Waals surface area contributed by atoms with E-state index in [1.54, 1.807) is 6.07 Å². The van der Waals surface area contributed by atoms with Crippen LogP contribution in [0, 0.1) is 0 Å². The summed E-state index contributed by atoms with van der Waals surface area (Å²) in [5.41, 5.74) is 1.16. The summed E-state index contributed by atoms with van der Waals surface area (Å²) in [6.45, 7) is 2.61. The smallest absolute Gasteiger partial charge is 0.129 e. The molecular weight excluding hydrogens is 282 g/mol. The number of phenolic OH excluding ortho intramolecular Hbond substituents is 1. The number of nitrogens with one attached hydrogen (secondary N) is 1. The van der Waals surface area contributed by atoms with Gasteiger partial charge in [0.1, 0.15) is 5.75 Å². The van der Waals surface area contributed by atoms with E-state index in [0.29, 0.717) is 6.10 Å². The summed E-state index contributed by atoms with van der Waals surface area (Å²) in [7, 11) is 0. The first-order chi connectivity index (χ1) is 8.25. The standard InChI is InChI=1S/C13H18BrNO2/c14-12-7-10(4-5-13(12)16)8-15-9-11-3-1-2-6-17-11/h4-5,7,11,15-16H,1-3,6,8-9H2. The molecule has 0 radical (unpaired) electrons. The van der Waals surface area contributed by atoms with Gasteiger partial charge >= 0.3 is 0 Å². The van der Waals surface area contributed by atoms with E-state index in [0.717, 1.165) is 36.2 Å². The predicted molar refractivity (Wildman–Crippen MR) is 71.1 cm³/mol. The van der Waals surface area contributed by atoms with Gasteiger partial charge in [0.15, 0.2) is 0 Å². The summed E-state index contributed by atoms with van der Waals surface area (Å²) in [4.78, 5) is 0. The second-order valence-electron chi connectivity index (χ2n) is 4.41. The highest BCUT2D eigenvalue weighted by Gasteiger charge is 2.12. The number of aromatic hydroxyl groups is 1. The topological polar surface area (TPSA) is 41.5 Å². The maximum Gasteiger partial charge on any atom is 0.129 e. The van der Waals surface area contributed by atoms with Crippen molar-refractivity contribution in [2.75, 3.05) is 13.2 Å². The van der Waals surface area contributed by atoms with E-state index >= 15 is 0 Å². The van der Waals surface area contributed by atoms with Crippen LogP contribution < -0.4 is 5.32 Å². The van der Waals surface area contributed by atoms with Crippen LogP contribution in [0.5, 0.6) is 5.75 Å². The third-order valence-corrected chi connectivity index (χ3v) is 3.62. The molecule has 1 aromatic carbocycles. The van der Waals surface area contributed by atoms with Crippen molar-refractivity contribution in [3.05, 3.63) is 28.2 Å². The first-order valence-electron chi connectivity index (χ1n) is 6.05. The van der Waals surface area contributed by atoms with E-state index in [1.165, 1.54) is 12.8 Å².